The Morgan fingerprint density at radius 3 is 2.33 bits per heavy atom. The van der Waals surface area contributed by atoms with Gasteiger partial charge in [0.05, 0.1) is 12.7 Å². The highest BCUT2D eigenvalue weighted by Crippen LogP contribution is 2.19. The van der Waals surface area contributed by atoms with Crippen LogP contribution in [0.3, 0.4) is 0 Å². The largest absolute Gasteiger partial charge is 0.496 e. The minimum Gasteiger partial charge on any atom is -0.496 e. The number of likely N-dealkylation sites (tertiary alicyclic amines) is 1. The van der Waals surface area contributed by atoms with Crippen molar-refractivity contribution in [3.05, 3.63) is 71.4 Å². The van der Waals surface area contributed by atoms with Crippen LogP contribution in [0.2, 0.25) is 0 Å². The zero-order valence-corrected chi connectivity index (χ0v) is 15.5. The second-order valence-corrected chi connectivity index (χ2v) is 6.48. The van der Waals surface area contributed by atoms with Crippen molar-refractivity contribution in [1.29, 1.82) is 0 Å². The number of benzene rings is 2. The predicted octanol–water partition coefficient (Wildman–Crippen LogP) is 3.48. The highest BCUT2D eigenvalue weighted by Gasteiger charge is 2.23. The van der Waals surface area contributed by atoms with E-state index in [0.717, 1.165) is 37.9 Å². The molecule has 1 fully saturated rings. The van der Waals surface area contributed by atoms with Crippen LogP contribution < -0.4 is 10.1 Å². The van der Waals surface area contributed by atoms with Crippen molar-refractivity contribution < 1.29 is 14.3 Å². The van der Waals surface area contributed by atoms with Gasteiger partial charge in [-0.2, -0.15) is 0 Å². The van der Waals surface area contributed by atoms with Gasteiger partial charge in [-0.1, -0.05) is 42.5 Å². The van der Waals surface area contributed by atoms with Crippen molar-refractivity contribution in [2.45, 2.75) is 19.3 Å². The number of hydrogen-bond donors (Lipinski definition) is 1. The van der Waals surface area contributed by atoms with E-state index in [1.54, 1.807) is 35.2 Å². The van der Waals surface area contributed by atoms with E-state index in [9.17, 15) is 9.59 Å². The Morgan fingerprint density at radius 1 is 0.963 bits per heavy atom. The maximum atomic E-state index is 13.0. The molecule has 3 rings (SSSR count). The number of piperidine rings is 1. The van der Waals surface area contributed by atoms with Crippen molar-refractivity contribution in [1.82, 2.24) is 10.2 Å². The van der Waals surface area contributed by atoms with Gasteiger partial charge in [-0.15, -0.1) is 0 Å². The first-order chi connectivity index (χ1) is 13.2. The lowest BCUT2D eigenvalue weighted by Gasteiger charge is -2.27. The van der Waals surface area contributed by atoms with Crippen molar-refractivity contribution in [2.24, 2.45) is 0 Å². The molecule has 0 aromatic heterocycles. The number of carbonyl (C=O) groups excluding carboxylic acids is 2. The zero-order chi connectivity index (χ0) is 19.1. The molecule has 27 heavy (non-hydrogen) atoms. The first-order valence-corrected chi connectivity index (χ1v) is 9.19. The summed E-state index contributed by atoms with van der Waals surface area (Å²) in [6.45, 7) is 1.44. The molecule has 140 valence electrons. The van der Waals surface area contributed by atoms with E-state index >= 15 is 0 Å². The van der Waals surface area contributed by atoms with Gasteiger partial charge in [0.2, 0.25) is 0 Å². The number of para-hydroxylation sites is 1. The van der Waals surface area contributed by atoms with Crippen molar-refractivity contribution in [3.63, 3.8) is 0 Å². The first-order valence-electron chi connectivity index (χ1n) is 9.19. The minimum absolute atomic E-state index is 0.151. The van der Waals surface area contributed by atoms with Gasteiger partial charge < -0.3 is 15.0 Å². The van der Waals surface area contributed by atoms with E-state index in [0.29, 0.717) is 11.3 Å². The lowest BCUT2D eigenvalue weighted by atomic mass is 10.1. The topological polar surface area (TPSA) is 58.6 Å². The average molecular weight is 364 g/mol. The van der Waals surface area contributed by atoms with Crippen molar-refractivity contribution in [3.8, 4) is 5.75 Å². The fourth-order valence-corrected chi connectivity index (χ4v) is 3.16. The monoisotopic (exact) mass is 364 g/mol. The summed E-state index contributed by atoms with van der Waals surface area (Å²) < 4.78 is 5.27. The summed E-state index contributed by atoms with van der Waals surface area (Å²) in [5.74, 6) is -0.0405. The van der Waals surface area contributed by atoms with Gasteiger partial charge in [-0.3, -0.25) is 9.59 Å². The summed E-state index contributed by atoms with van der Waals surface area (Å²) >= 11 is 0. The summed E-state index contributed by atoms with van der Waals surface area (Å²) in [7, 11) is 1.52. The van der Waals surface area contributed by atoms with Crippen LogP contribution in [-0.4, -0.2) is 36.9 Å². The number of methoxy groups -OCH3 is 1. The fourth-order valence-electron chi connectivity index (χ4n) is 3.16. The molecule has 1 aliphatic heterocycles. The Labute approximate surface area is 159 Å². The number of nitrogens with one attached hydrogen (secondary N) is 1. The number of amides is 2. The lowest BCUT2D eigenvalue weighted by molar-refractivity contribution is -0.128. The van der Waals surface area contributed by atoms with Crippen LogP contribution in [-0.2, 0) is 4.79 Å². The van der Waals surface area contributed by atoms with Crippen molar-refractivity contribution >= 4 is 17.9 Å². The average Bonchev–Trinajstić information content (AvgIpc) is 2.74. The normalized spacial score (nSPS) is 14.6. The van der Waals surface area contributed by atoms with Crippen LogP contribution in [0.5, 0.6) is 5.75 Å². The van der Waals surface area contributed by atoms with E-state index in [1.165, 1.54) is 7.11 Å². The molecule has 0 bridgehead atoms. The second-order valence-electron chi connectivity index (χ2n) is 6.48. The quantitative estimate of drug-likeness (QED) is 0.827. The van der Waals surface area contributed by atoms with Gasteiger partial charge in [-0.05, 0) is 43.0 Å². The van der Waals surface area contributed by atoms with Crippen LogP contribution in [0.15, 0.2) is 60.3 Å². The smallest absolute Gasteiger partial charge is 0.270 e. The molecular weight excluding hydrogens is 340 g/mol. The molecule has 1 heterocycles. The molecule has 0 radical (unpaired) electrons. The molecule has 1 N–H and O–H groups in total. The summed E-state index contributed by atoms with van der Waals surface area (Å²) in [6.07, 6.45) is 4.84. The Balaban J connectivity index is 1.88. The SMILES string of the molecule is COc1ccccc1C(=O)NC(=Cc1ccccc1)C(=O)N1CCCCC1. The Bertz CT molecular complexity index is 824. The maximum Gasteiger partial charge on any atom is 0.270 e. The molecule has 5 heteroatoms. The molecule has 0 unspecified atom stereocenters. The molecule has 2 amide bonds. The van der Waals surface area contributed by atoms with E-state index in [2.05, 4.69) is 5.32 Å². The van der Waals surface area contributed by atoms with Gasteiger partial charge in [0.1, 0.15) is 11.4 Å². The second kappa shape index (κ2) is 9.03. The number of carbonyl (C=O) groups is 2. The summed E-state index contributed by atoms with van der Waals surface area (Å²) in [5.41, 5.74) is 1.53. The predicted molar refractivity (Wildman–Crippen MR) is 105 cm³/mol. The Morgan fingerprint density at radius 2 is 1.63 bits per heavy atom. The molecular formula is C22H24N2O3. The number of nitrogens with zero attached hydrogens (tertiary/aromatic N) is 1. The molecule has 1 aliphatic rings. The highest BCUT2D eigenvalue weighted by atomic mass is 16.5. The molecule has 0 spiro atoms. The maximum absolute atomic E-state index is 13.0. The van der Waals surface area contributed by atoms with E-state index in [-0.39, 0.29) is 17.5 Å². The lowest BCUT2D eigenvalue weighted by Crippen LogP contribution is -2.41. The third-order valence-corrected chi connectivity index (χ3v) is 4.58. The van der Waals surface area contributed by atoms with Crippen LogP contribution in [0.25, 0.3) is 6.08 Å². The van der Waals surface area contributed by atoms with Crippen LogP contribution >= 0.6 is 0 Å². The van der Waals surface area contributed by atoms with Gasteiger partial charge in [-0.25, -0.2) is 0 Å². The van der Waals surface area contributed by atoms with Gasteiger partial charge in [0, 0.05) is 13.1 Å². The van der Waals surface area contributed by atoms with E-state index in [1.807, 2.05) is 30.3 Å². The van der Waals surface area contributed by atoms with Crippen LogP contribution in [0, 0.1) is 0 Å². The van der Waals surface area contributed by atoms with E-state index in [4.69, 9.17) is 4.74 Å². The molecule has 5 nitrogen and oxygen atoms in total. The third-order valence-electron chi connectivity index (χ3n) is 4.58. The van der Waals surface area contributed by atoms with Crippen LogP contribution in [0.4, 0.5) is 0 Å². The Hall–Kier alpha value is -3.08. The number of hydrogen-bond acceptors (Lipinski definition) is 3. The molecule has 0 aliphatic carbocycles. The Kier molecular flexibility index (Phi) is 6.26. The first kappa shape index (κ1) is 18.7. The molecule has 2 aromatic carbocycles. The van der Waals surface area contributed by atoms with Crippen LogP contribution in [0.1, 0.15) is 35.2 Å². The number of ether oxygens (including phenoxy) is 1. The summed E-state index contributed by atoms with van der Waals surface area (Å²) in [5, 5.41) is 2.80. The molecule has 2 aromatic rings. The van der Waals surface area contributed by atoms with E-state index < -0.39 is 0 Å². The fraction of sp³-hybridized carbons (Fsp3) is 0.273. The van der Waals surface area contributed by atoms with Crippen molar-refractivity contribution in [2.75, 3.05) is 20.2 Å². The summed E-state index contributed by atoms with van der Waals surface area (Å²) in [4.78, 5) is 27.7. The number of rotatable bonds is 5. The molecule has 0 saturated carbocycles. The third kappa shape index (κ3) is 4.76. The molecule has 0 atom stereocenters. The zero-order valence-electron chi connectivity index (χ0n) is 15.5. The van der Waals surface area contributed by atoms with Gasteiger partial charge in [0.25, 0.3) is 11.8 Å². The minimum atomic E-state index is -0.361. The highest BCUT2D eigenvalue weighted by molar-refractivity contribution is 6.06. The van der Waals surface area contributed by atoms with Gasteiger partial charge >= 0.3 is 0 Å². The molecule has 1 saturated heterocycles. The van der Waals surface area contributed by atoms with Gasteiger partial charge in [0.15, 0.2) is 0 Å². The summed E-state index contributed by atoms with van der Waals surface area (Å²) in [6, 6.07) is 16.5. The standard InChI is InChI=1S/C22H24N2O3/c1-27-20-13-7-6-12-18(20)21(25)23-19(16-17-10-4-2-5-11-17)22(26)24-14-8-3-9-15-24/h2,4-7,10-13,16H,3,8-9,14-15H2,1H3,(H,23,25).